The smallest absolute Gasteiger partial charge is 0.162 e. The molecule has 5 nitrogen and oxygen atoms in total. The van der Waals surface area contributed by atoms with E-state index >= 15 is 0 Å². The lowest BCUT2D eigenvalue weighted by molar-refractivity contribution is 0.171. The molecule has 0 spiro atoms. The second-order valence-electron chi connectivity index (χ2n) is 4.80. The summed E-state index contributed by atoms with van der Waals surface area (Å²) in [5, 5.41) is 3.25. The Morgan fingerprint density at radius 1 is 1.05 bits per heavy atom. The summed E-state index contributed by atoms with van der Waals surface area (Å²) < 4.78 is 11.2. The van der Waals surface area contributed by atoms with Crippen LogP contribution < -0.4 is 14.8 Å². The van der Waals surface area contributed by atoms with Crippen LogP contribution in [0, 0.1) is 0 Å². The first-order valence-electron chi connectivity index (χ1n) is 7.32. The second-order valence-corrected chi connectivity index (χ2v) is 4.80. The third kappa shape index (κ3) is 2.91. The van der Waals surface area contributed by atoms with Crippen molar-refractivity contribution in [1.82, 2.24) is 9.97 Å². The minimum atomic E-state index is 0.586. The number of nitrogens with one attached hydrogen (secondary N) is 1. The first-order chi connectivity index (χ1) is 10.3. The Bertz CT molecular complexity index is 643. The monoisotopic (exact) mass is 285 g/mol. The maximum absolute atomic E-state index is 5.64. The van der Waals surface area contributed by atoms with E-state index in [1.807, 2.05) is 24.3 Å². The summed E-state index contributed by atoms with van der Waals surface area (Å²) in [4.78, 5) is 9.08. The maximum Gasteiger partial charge on any atom is 0.162 e. The number of anilines is 1. The van der Waals surface area contributed by atoms with Gasteiger partial charge in [-0.2, -0.15) is 0 Å². The number of nitrogens with zero attached hydrogens (tertiary/aromatic N) is 2. The van der Waals surface area contributed by atoms with E-state index in [9.17, 15) is 0 Å². The molecule has 0 amide bonds. The van der Waals surface area contributed by atoms with E-state index in [2.05, 4.69) is 29.1 Å². The van der Waals surface area contributed by atoms with Gasteiger partial charge in [-0.3, -0.25) is 0 Å². The van der Waals surface area contributed by atoms with Crippen molar-refractivity contribution in [3.05, 3.63) is 30.1 Å². The highest BCUT2D eigenvalue weighted by molar-refractivity contribution is 5.66. The van der Waals surface area contributed by atoms with E-state index in [0.717, 1.165) is 47.4 Å². The summed E-state index contributed by atoms with van der Waals surface area (Å²) in [5.74, 6) is 3.26. The van der Waals surface area contributed by atoms with Gasteiger partial charge < -0.3 is 14.8 Å². The van der Waals surface area contributed by atoms with E-state index in [0.29, 0.717) is 13.2 Å². The molecule has 0 aliphatic carbocycles. The van der Waals surface area contributed by atoms with Gasteiger partial charge in [-0.25, -0.2) is 9.97 Å². The molecule has 21 heavy (non-hydrogen) atoms. The number of hydrogen-bond donors (Lipinski definition) is 1. The number of aromatic nitrogens is 2. The van der Waals surface area contributed by atoms with Crippen molar-refractivity contribution in [1.29, 1.82) is 0 Å². The van der Waals surface area contributed by atoms with Crippen LogP contribution in [0.2, 0.25) is 0 Å². The zero-order valence-electron chi connectivity index (χ0n) is 12.3. The summed E-state index contributed by atoms with van der Waals surface area (Å²) in [6.45, 7) is 6.13. The van der Waals surface area contributed by atoms with Gasteiger partial charge in [0, 0.05) is 24.6 Å². The van der Waals surface area contributed by atoms with Crippen LogP contribution in [-0.2, 0) is 6.42 Å². The Kier molecular flexibility index (Phi) is 3.90. The molecule has 1 aromatic carbocycles. The van der Waals surface area contributed by atoms with Gasteiger partial charge in [0.05, 0.1) is 5.69 Å². The van der Waals surface area contributed by atoms with Crippen LogP contribution in [0.15, 0.2) is 24.3 Å². The number of aryl methyl sites for hydroxylation is 1. The third-order valence-corrected chi connectivity index (χ3v) is 3.28. The molecular formula is C16H19N3O2. The number of benzene rings is 1. The van der Waals surface area contributed by atoms with Crippen LogP contribution in [0.1, 0.15) is 19.7 Å². The van der Waals surface area contributed by atoms with Gasteiger partial charge in [0.2, 0.25) is 0 Å². The highest BCUT2D eigenvalue weighted by atomic mass is 16.6. The number of hydrogen-bond acceptors (Lipinski definition) is 5. The number of rotatable bonds is 4. The van der Waals surface area contributed by atoms with E-state index < -0.39 is 0 Å². The molecule has 2 heterocycles. The predicted molar refractivity (Wildman–Crippen MR) is 82.0 cm³/mol. The van der Waals surface area contributed by atoms with Crippen molar-refractivity contribution in [2.75, 3.05) is 25.1 Å². The summed E-state index contributed by atoms with van der Waals surface area (Å²) in [6.07, 6.45) is 0.802. The Balaban J connectivity index is 2.00. The van der Waals surface area contributed by atoms with Gasteiger partial charge in [-0.1, -0.05) is 6.92 Å². The average molecular weight is 285 g/mol. The Hall–Kier alpha value is -2.30. The third-order valence-electron chi connectivity index (χ3n) is 3.28. The minimum absolute atomic E-state index is 0.586. The molecule has 0 radical (unpaired) electrons. The standard InChI is InChI=1S/C16H19N3O2/c1-3-15-18-12(10-16(19-15)17-4-2)11-5-6-13-14(9-11)21-8-7-20-13/h5-6,9-10H,3-4,7-8H2,1-2H3,(H,17,18,19). The SMILES string of the molecule is CCNc1cc(-c2ccc3c(c2)OCCO3)nc(CC)n1. The largest absolute Gasteiger partial charge is 0.486 e. The van der Waals surface area contributed by atoms with E-state index in [-0.39, 0.29) is 0 Å². The van der Waals surface area contributed by atoms with Gasteiger partial charge in [0.15, 0.2) is 11.5 Å². The van der Waals surface area contributed by atoms with Crippen LogP contribution >= 0.6 is 0 Å². The van der Waals surface area contributed by atoms with Crippen LogP contribution in [0.3, 0.4) is 0 Å². The fourth-order valence-electron chi connectivity index (χ4n) is 2.28. The molecule has 5 heteroatoms. The van der Waals surface area contributed by atoms with Crippen molar-refractivity contribution in [3.63, 3.8) is 0 Å². The van der Waals surface area contributed by atoms with E-state index in [1.165, 1.54) is 0 Å². The molecule has 1 N–H and O–H groups in total. The normalized spacial score (nSPS) is 13.0. The van der Waals surface area contributed by atoms with Crippen molar-refractivity contribution < 1.29 is 9.47 Å². The lowest BCUT2D eigenvalue weighted by atomic mass is 10.1. The number of fused-ring (bicyclic) bond motifs is 1. The number of ether oxygens (including phenoxy) is 2. The molecule has 110 valence electrons. The lowest BCUT2D eigenvalue weighted by Gasteiger charge is -2.19. The molecule has 1 aliphatic rings. The fourth-order valence-corrected chi connectivity index (χ4v) is 2.28. The van der Waals surface area contributed by atoms with Crippen molar-refractivity contribution >= 4 is 5.82 Å². The highest BCUT2D eigenvalue weighted by Gasteiger charge is 2.13. The Morgan fingerprint density at radius 3 is 2.62 bits per heavy atom. The van der Waals surface area contributed by atoms with Gasteiger partial charge in [-0.05, 0) is 25.1 Å². The van der Waals surface area contributed by atoms with Crippen LogP contribution in [0.25, 0.3) is 11.3 Å². The van der Waals surface area contributed by atoms with Crippen molar-refractivity contribution in [2.45, 2.75) is 20.3 Å². The van der Waals surface area contributed by atoms with E-state index in [4.69, 9.17) is 9.47 Å². The topological polar surface area (TPSA) is 56.3 Å². The van der Waals surface area contributed by atoms with Crippen LogP contribution in [0.4, 0.5) is 5.82 Å². The Labute approximate surface area is 124 Å². The van der Waals surface area contributed by atoms with Crippen molar-refractivity contribution in [2.24, 2.45) is 0 Å². The molecule has 1 aliphatic heterocycles. The quantitative estimate of drug-likeness (QED) is 0.936. The summed E-state index contributed by atoms with van der Waals surface area (Å²) >= 11 is 0. The maximum atomic E-state index is 5.64. The first kappa shape index (κ1) is 13.7. The predicted octanol–water partition coefficient (Wildman–Crippen LogP) is 2.91. The molecule has 0 unspecified atom stereocenters. The van der Waals surface area contributed by atoms with E-state index in [1.54, 1.807) is 0 Å². The molecule has 0 bridgehead atoms. The molecule has 0 saturated carbocycles. The molecular weight excluding hydrogens is 266 g/mol. The fraction of sp³-hybridized carbons (Fsp3) is 0.375. The average Bonchev–Trinajstić information content (AvgIpc) is 2.54. The Morgan fingerprint density at radius 2 is 1.86 bits per heavy atom. The van der Waals surface area contributed by atoms with Gasteiger partial charge in [-0.15, -0.1) is 0 Å². The van der Waals surface area contributed by atoms with Gasteiger partial charge in [0.25, 0.3) is 0 Å². The summed E-state index contributed by atoms with van der Waals surface area (Å²) in [6, 6.07) is 7.88. The highest BCUT2D eigenvalue weighted by Crippen LogP contribution is 2.34. The summed E-state index contributed by atoms with van der Waals surface area (Å²) in [7, 11) is 0. The van der Waals surface area contributed by atoms with Crippen LogP contribution in [0.5, 0.6) is 11.5 Å². The molecule has 2 aromatic rings. The molecule has 0 atom stereocenters. The molecule has 1 aromatic heterocycles. The van der Waals surface area contributed by atoms with Crippen molar-refractivity contribution in [3.8, 4) is 22.8 Å². The van der Waals surface area contributed by atoms with Crippen LogP contribution in [-0.4, -0.2) is 29.7 Å². The van der Waals surface area contributed by atoms with Gasteiger partial charge in [0.1, 0.15) is 24.9 Å². The second kappa shape index (κ2) is 5.99. The molecule has 0 saturated heterocycles. The molecule has 0 fully saturated rings. The minimum Gasteiger partial charge on any atom is -0.486 e. The summed E-state index contributed by atoms with van der Waals surface area (Å²) in [5.41, 5.74) is 1.91. The lowest BCUT2D eigenvalue weighted by Crippen LogP contribution is -2.15. The molecule has 3 rings (SSSR count). The van der Waals surface area contributed by atoms with Gasteiger partial charge >= 0.3 is 0 Å². The zero-order chi connectivity index (χ0) is 14.7. The first-order valence-corrected chi connectivity index (χ1v) is 7.32. The zero-order valence-corrected chi connectivity index (χ0v) is 12.3.